The fraction of sp³-hybridized carbons (Fsp3) is 0.333. The van der Waals surface area contributed by atoms with Crippen LogP contribution in [0.25, 0.3) is 0 Å². The first-order chi connectivity index (χ1) is 16.6. The lowest BCUT2D eigenvalue weighted by atomic mass is 9.80. The number of imide groups is 1. The van der Waals surface area contributed by atoms with Crippen molar-refractivity contribution in [1.29, 1.82) is 0 Å². The van der Waals surface area contributed by atoms with Crippen molar-refractivity contribution in [3.63, 3.8) is 0 Å². The van der Waals surface area contributed by atoms with Gasteiger partial charge in [0, 0.05) is 10.2 Å². The number of anilines is 2. The van der Waals surface area contributed by atoms with Gasteiger partial charge >= 0.3 is 5.97 Å². The number of halogens is 4. The molecule has 7 nitrogen and oxygen atoms in total. The second-order valence-electron chi connectivity index (χ2n) is 8.48. The van der Waals surface area contributed by atoms with E-state index in [4.69, 9.17) is 39.5 Å². The van der Waals surface area contributed by atoms with E-state index in [9.17, 15) is 19.2 Å². The van der Waals surface area contributed by atoms with E-state index >= 15 is 0 Å². The van der Waals surface area contributed by atoms with Crippen molar-refractivity contribution in [2.24, 2.45) is 11.8 Å². The van der Waals surface area contributed by atoms with Crippen LogP contribution in [-0.2, 0) is 19.1 Å². The van der Waals surface area contributed by atoms with E-state index < -0.39 is 30.3 Å². The third-order valence-corrected chi connectivity index (χ3v) is 8.42. The molecule has 0 bridgehead atoms. The van der Waals surface area contributed by atoms with Gasteiger partial charge in [-0.2, -0.15) is 0 Å². The number of hydrogen-bond acceptors (Lipinski definition) is 5. The van der Waals surface area contributed by atoms with E-state index in [0.29, 0.717) is 28.0 Å². The summed E-state index contributed by atoms with van der Waals surface area (Å²) in [5.74, 6) is -3.10. The second kappa shape index (κ2) is 10.5. The molecule has 0 radical (unpaired) electrons. The highest BCUT2D eigenvalue weighted by atomic mass is 79.9. The summed E-state index contributed by atoms with van der Waals surface area (Å²) in [6, 6.07) is 9.31. The van der Waals surface area contributed by atoms with Gasteiger partial charge in [0.05, 0.1) is 38.9 Å². The molecule has 3 amide bonds. The lowest BCUT2D eigenvalue weighted by Gasteiger charge is -2.28. The molecular weight excluding hydrogens is 583 g/mol. The van der Waals surface area contributed by atoms with Crippen LogP contribution in [0.5, 0.6) is 0 Å². The summed E-state index contributed by atoms with van der Waals surface area (Å²) in [7, 11) is 0. The number of ether oxygens (including phenoxy) is 1. The Hall–Kier alpha value is -2.13. The molecule has 2 aromatic carbocycles. The van der Waals surface area contributed by atoms with Crippen LogP contribution < -0.4 is 10.2 Å². The maximum Gasteiger partial charge on any atom is 0.338 e. The number of fused-ring (bicyclic) bond motifs is 1. The first kappa shape index (κ1) is 25.9. The number of alkyl halides is 2. The van der Waals surface area contributed by atoms with Crippen molar-refractivity contribution in [1.82, 2.24) is 0 Å². The van der Waals surface area contributed by atoms with Crippen LogP contribution in [0.2, 0.25) is 5.02 Å². The molecule has 1 saturated heterocycles. The molecule has 1 aliphatic heterocycles. The van der Waals surface area contributed by atoms with Crippen molar-refractivity contribution in [3.8, 4) is 0 Å². The summed E-state index contributed by atoms with van der Waals surface area (Å²) in [6.45, 7) is 1.27. The summed E-state index contributed by atoms with van der Waals surface area (Å²) in [4.78, 5) is 51.9. The monoisotopic (exact) mass is 600 g/mol. The molecule has 1 saturated carbocycles. The molecule has 4 atom stereocenters. The third-order valence-electron chi connectivity index (χ3n) is 6.13. The molecule has 184 valence electrons. The average Bonchev–Trinajstić information content (AvgIpc) is 3.05. The Morgan fingerprint density at radius 2 is 1.71 bits per heavy atom. The van der Waals surface area contributed by atoms with Gasteiger partial charge in [-0.25, -0.2) is 4.79 Å². The Morgan fingerprint density at radius 3 is 2.34 bits per heavy atom. The van der Waals surface area contributed by atoms with Crippen LogP contribution in [-0.4, -0.2) is 41.1 Å². The number of benzene rings is 2. The number of esters is 1. The smallest absolute Gasteiger partial charge is 0.338 e. The first-order valence-electron chi connectivity index (χ1n) is 10.8. The van der Waals surface area contributed by atoms with Gasteiger partial charge in [-0.3, -0.25) is 19.3 Å². The number of nitrogens with zero attached hydrogens (tertiary/aromatic N) is 1. The molecule has 0 unspecified atom stereocenters. The standard InChI is InChI=1S/C24H20BrCl3N2O5/c1-11-5-16(25)17(26)9-20(11)29-21(31)10-35-24(34)12-3-2-4-13(6-12)30-22(32)14-7-18(27)19(28)8-15(14)23(30)33/h2-6,9,14-15,18-19H,7-8,10H2,1H3,(H,29,31)/t14-,15-,18+,19+/m1/s1. The zero-order chi connectivity index (χ0) is 25.4. The van der Waals surface area contributed by atoms with Crippen molar-refractivity contribution in [2.45, 2.75) is 30.5 Å². The highest BCUT2D eigenvalue weighted by molar-refractivity contribution is 9.10. The van der Waals surface area contributed by atoms with Crippen LogP contribution in [0.4, 0.5) is 11.4 Å². The van der Waals surface area contributed by atoms with Gasteiger partial charge in [0.15, 0.2) is 6.61 Å². The molecule has 4 rings (SSSR count). The van der Waals surface area contributed by atoms with Gasteiger partial charge in [-0.05, 0) is 71.6 Å². The molecule has 2 fully saturated rings. The molecule has 1 heterocycles. The summed E-state index contributed by atoms with van der Waals surface area (Å²) in [5, 5.41) is 2.29. The number of rotatable bonds is 5. The van der Waals surface area contributed by atoms with Crippen LogP contribution in [0.15, 0.2) is 40.9 Å². The number of nitrogens with one attached hydrogen (secondary N) is 1. The molecule has 0 spiro atoms. The van der Waals surface area contributed by atoms with Gasteiger partial charge in [0.1, 0.15) is 0 Å². The number of hydrogen-bond donors (Lipinski definition) is 1. The van der Waals surface area contributed by atoms with Gasteiger partial charge in [-0.15, -0.1) is 23.2 Å². The molecule has 1 aliphatic carbocycles. The van der Waals surface area contributed by atoms with Crippen molar-refractivity contribution >= 4 is 85.8 Å². The Balaban J connectivity index is 1.42. The van der Waals surface area contributed by atoms with Crippen LogP contribution >= 0.6 is 50.7 Å². The predicted molar refractivity (Wildman–Crippen MR) is 137 cm³/mol. The average molecular weight is 603 g/mol. The minimum absolute atomic E-state index is 0.0964. The highest BCUT2D eigenvalue weighted by Gasteiger charge is 2.52. The van der Waals surface area contributed by atoms with Gasteiger partial charge < -0.3 is 10.1 Å². The van der Waals surface area contributed by atoms with E-state index in [2.05, 4.69) is 21.2 Å². The first-order valence-corrected chi connectivity index (χ1v) is 12.8. The number of carbonyl (C=O) groups excluding carboxylic acids is 4. The Kier molecular flexibility index (Phi) is 7.76. The fourth-order valence-corrected chi connectivity index (χ4v) is 5.51. The maximum absolute atomic E-state index is 13.0. The summed E-state index contributed by atoms with van der Waals surface area (Å²) in [6.07, 6.45) is 0.642. The van der Waals surface area contributed by atoms with Crippen molar-refractivity contribution in [3.05, 3.63) is 57.0 Å². The largest absolute Gasteiger partial charge is 0.452 e. The zero-order valence-electron chi connectivity index (χ0n) is 18.4. The fourth-order valence-electron chi connectivity index (χ4n) is 4.30. The maximum atomic E-state index is 13.0. The minimum Gasteiger partial charge on any atom is -0.452 e. The summed E-state index contributed by atoms with van der Waals surface area (Å²) in [5.41, 5.74) is 1.62. The summed E-state index contributed by atoms with van der Waals surface area (Å²) >= 11 is 21.8. The normalized spacial score (nSPS) is 23.7. The third kappa shape index (κ3) is 5.35. The summed E-state index contributed by atoms with van der Waals surface area (Å²) < 4.78 is 5.83. The van der Waals surface area contributed by atoms with E-state index in [0.717, 1.165) is 10.5 Å². The van der Waals surface area contributed by atoms with Crippen LogP contribution in [0, 0.1) is 18.8 Å². The topological polar surface area (TPSA) is 92.8 Å². The Bertz CT molecular complexity index is 1200. The van der Waals surface area contributed by atoms with Gasteiger partial charge in [0.25, 0.3) is 5.91 Å². The van der Waals surface area contributed by atoms with E-state index in [1.54, 1.807) is 25.1 Å². The number of aryl methyl sites for hydroxylation is 1. The van der Waals surface area contributed by atoms with E-state index in [-0.39, 0.29) is 33.8 Å². The van der Waals surface area contributed by atoms with E-state index in [1.165, 1.54) is 18.2 Å². The predicted octanol–water partition coefficient (Wildman–Crippen LogP) is 5.32. The molecule has 35 heavy (non-hydrogen) atoms. The SMILES string of the molecule is Cc1cc(Br)c(Cl)cc1NC(=O)COC(=O)c1cccc(N2C(=O)[C@@H]3C[C@H](Cl)[C@@H](Cl)C[C@H]3C2=O)c1. The highest BCUT2D eigenvalue weighted by Crippen LogP contribution is 2.43. The Labute approximate surface area is 225 Å². The zero-order valence-corrected chi connectivity index (χ0v) is 22.2. The van der Waals surface area contributed by atoms with Crippen LogP contribution in [0.1, 0.15) is 28.8 Å². The number of amides is 3. The molecule has 0 aromatic heterocycles. The van der Waals surface area contributed by atoms with Gasteiger partial charge in [-0.1, -0.05) is 17.7 Å². The molecule has 1 N–H and O–H groups in total. The van der Waals surface area contributed by atoms with Gasteiger partial charge in [0.2, 0.25) is 11.8 Å². The molecule has 2 aliphatic rings. The second-order valence-corrected chi connectivity index (χ2v) is 10.9. The molecular formula is C24H20BrCl3N2O5. The number of carbonyl (C=O) groups is 4. The lowest BCUT2D eigenvalue weighted by Crippen LogP contribution is -2.34. The Morgan fingerprint density at radius 1 is 1.09 bits per heavy atom. The van der Waals surface area contributed by atoms with Crippen LogP contribution in [0.3, 0.4) is 0 Å². The molecule has 11 heteroatoms. The van der Waals surface area contributed by atoms with E-state index in [1.807, 2.05) is 0 Å². The van der Waals surface area contributed by atoms with Crippen molar-refractivity contribution in [2.75, 3.05) is 16.8 Å². The quantitative estimate of drug-likeness (QED) is 0.284. The molecule has 2 aromatic rings. The lowest BCUT2D eigenvalue weighted by molar-refractivity contribution is -0.122. The minimum atomic E-state index is -0.772. The van der Waals surface area contributed by atoms with Crippen molar-refractivity contribution < 1.29 is 23.9 Å².